The Hall–Kier alpha value is -1.90. The first-order chi connectivity index (χ1) is 14.8. The molecule has 31 heavy (non-hydrogen) atoms. The quantitative estimate of drug-likeness (QED) is 0.468. The van der Waals surface area contributed by atoms with Crippen LogP contribution in [0.2, 0.25) is 0 Å². The molecule has 0 bridgehead atoms. The van der Waals surface area contributed by atoms with Gasteiger partial charge in [-0.15, -0.1) is 0 Å². The van der Waals surface area contributed by atoms with Gasteiger partial charge in [0.05, 0.1) is 0 Å². The molecule has 0 unspecified atom stereocenters. The SMILES string of the molecule is CSc1ncc(CNCC(C)(C)CN(C)C)c(N2CCN(c3ccc(F)cc3)CC2)n1. The molecule has 1 aliphatic rings. The van der Waals surface area contributed by atoms with Crippen molar-refractivity contribution in [3.05, 3.63) is 41.8 Å². The molecule has 0 saturated carbocycles. The molecule has 1 N–H and O–H groups in total. The van der Waals surface area contributed by atoms with E-state index in [0.717, 1.165) is 68.0 Å². The standard InChI is InChI=1S/C23H35FN6S/c1-23(2,17-28(3)4)16-25-14-18-15-26-22(31-5)27-21(18)30-12-10-29(11-13-30)20-8-6-19(24)7-9-20/h6-9,15,25H,10-14,16-17H2,1-5H3. The van der Waals surface area contributed by atoms with Gasteiger partial charge < -0.3 is 20.0 Å². The van der Waals surface area contributed by atoms with Crippen molar-refractivity contribution < 1.29 is 4.39 Å². The lowest BCUT2D eigenvalue weighted by Crippen LogP contribution is -2.47. The molecule has 0 atom stereocenters. The summed E-state index contributed by atoms with van der Waals surface area (Å²) in [6, 6.07) is 6.76. The zero-order valence-corrected chi connectivity index (χ0v) is 20.2. The number of piperazine rings is 1. The molecule has 0 amide bonds. The number of hydrogen-bond acceptors (Lipinski definition) is 7. The van der Waals surface area contributed by atoms with Crippen molar-refractivity contribution in [2.75, 3.05) is 69.4 Å². The van der Waals surface area contributed by atoms with Gasteiger partial charge in [0.1, 0.15) is 11.6 Å². The van der Waals surface area contributed by atoms with Crippen LogP contribution in [0.5, 0.6) is 0 Å². The van der Waals surface area contributed by atoms with E-state index >= 15 is 0 Å². The van der Waals surface area contributed by atoms with E-state index in [0.29, 0.717) is 0 Å². The summed E-state index contributed by atoms with van der Waals surface area (Å²) in [6.07, 6.45) is 3.97. The summed E-state index contributed by atoms with van der Waals surface area (Å²) in [5.74, 6) is 0.829. The van der Waals surface area contributed by atoms with Crippen molar-refractivity contribution in [3.63, 3.8) is 0 Å². The molecule has 3 rings (SSSR count). The monoisotopic (exact) mass is 446 g/mol. The molecule has 2 heterocycles. The van der Waals surface area contributed by atoms with Crippen LogP contribution in [0, 0.1) is 11.2 Å². The molecule has 1 saturated heterocycles. The maximum atomic E-state index is 13.2. The van der Waals surface area contributed by atoms with Crippen LogP contribution in [0.15, 0.2) is 35.6 Å². The minimum atomic E-state index is -0.195. The first-order valence-corrected chi connectivity index (χ1v) is 12.0. The topological polar surface area (TPSA) is 47.5 Å². The normalized spacial score (nSPS) is 15.1. The highest BCUT2D eigenvalue weighted by molar-refractivity contribution is 7.98. The van der Waals surface area contributed by atoms with Gasteiger partial charge in [-0.25, -0.2) is 14.4 Å². The summed E-state index contributed by atoms with van der Waals surface area (Å²) < 4.78 is 13.2. The van der Waals surface area contributed by atoms with Crippen molar-refractivity contribution in [3.8, 4) is 0 Å². The number of hydrogen-bond donors (Lipinski definition) is 1. The smallest absolute Gasteiger partial charge is 0.189 e. The van der Waals surface area contributed by atoms with E-state index in [1.807, 2.05) is 24.6 Å². The van der Waals surface area contributed by atoms with Gasteiger partial charge in [0.25, 0.3) is 0 Å². The summed E-state index contributed by atoms with van der Waals surface area (Å²) in [4.78, 5) is 16.2. The van der Waals surface area contributed by atoms with Crippen LogP contribution >= 0.6 is 11.8 Å². The first kappa shape index (κ1) is 23.8. The van der Waals surface area contributed by atoms with Gasteiger partial charge in [0, 0.05) is 63.3 Å². The molecular weight excluding hydrogens is 411 g/mol. The first-order valence-electron chi connectivity index (χ1n) is 10.8. The number of nitrogens with one attached hydrogen (secondary N) is 1. The van der Waals surface area contributed by atoms with Crippen LogP contribution in [-0.2, 0) is 6.54 Å². The van der Waals surface area contributed by atoms with E-state index in [4.69, 9.17) is 4.98 Å². The summed E-state index contributed by atoms with van der Waals surface area (Å²) >= 11 is 1.57. The van der Waals surface area contributed by atoms with Crippen LogP contribution in [-0.4, -0.2) is 74.5 Å². The number of rotatable bonds is 9. The summed E-state index contributed by atoms with van der Waals surface area (Å²) in [5.41, 5.74) is 2.39. The summed E-state index contributed by atoms with van der Waals surface area (Å²) in [5, 5.41) is 4.42. The number of nitrogens with zero attached hydrogens (tertiary/aromatic N) is 5. The van der Waals surface area contributed by atoms with E-state index in [1.54, 1.807) is 11.8 Å². The third-order valence-corrected chi connectivity index (χ3v) is 6.00. The molecule has 170 valence electrons. The van der Waals surface area contributed by atoms with Crippen molar-refractivity contribution in [1.82, 2.24) is 20.2 Å². The maximum Gasteiger partial charge on any atom is 0.189 e. The summed E-state index contributed by atoms with van der Waals surface area (Å²) in [7, 11) is 4.22. The Labute approximate surface area is 190 Å². The highest BCUT2D eigenvalue weighted by Gasteiger charge is 2.23. The molecule has 1 aromatic heterocycles. The Morgan fingerprint density at radius 1 is 1.10 bits per heavy atom. The van der Waals surface area contributed by atoms with E-state index in [2.05, 4.69) is 52.9 Å². The van der Waals surface area contributed by atoms with Gasteiger partial charge in [-0.3, -0.25) is 0 Å². The van der Waals surface area contributed by atoms with Crippen molar-refractivity contribution in [1.29, 1.82) is 0 Å². The minimum absolute atomic E-state index is 0.185. The van der Waals surface area contributed by atoms with Crippen LogP contribution in [0.3, 0.4) is 0 Å². The Morgan fingerprint density at radius 3 is 2.35 bits per heavy atom. The second-order valence-electron chi connectivity index (χ2n) is 9.16. The van der Waals surface area contributed by atoms with Gasteiger partial charge in [0.2, 0.25) is 0 Å². The van der Waals surface area contributed by atoms with Crippen LogP contribution in [0.25, 0.3) is 0 Å². The molecule has 2 aromatic rings. The average Bonchev–Trinajstić information content (AvgIpc) is 2.73. The molecule has 6 nitrogen and oxygen atoms in total. The summed E-state index contributed by atoms with van der Waals surface area (Å²) in [6.45, 7) is 10.8. The van der Waals surface area contributed by atoms with Crippen LogP contribution < -0.4 is 15.1 Å². The predicted molar refractivity (Wildman–Crippen MR) is 129 cm³/mol. The molecule has 0 spiro atoms. The van der Waals surface area contributed by atoms with Crippen molar-refractivity contribution in [2.45, 2.75) is 25.5 Å². The molecule has 1 aromatic carbocycles. The molecule has 1 aliphatic heterocycles. The number of benzene rings is 1. The van der Waals surface area contributed by atoms with Gasteiger partial charge in [-0.1, -0.05) is 25.6 Å². The van der Waals surface area contributed by atoms with E-state index in [1.165, 1.54) is 12.1 Å². The molecular formula is C23H35FN6S. The van der Waals surface area contributed by atoms with Crippen molar-refractivity contribution >= 4 is 23.3 Å². The lowest BCUT2D eigenvalue weighted by Gasteiger charge is -2.37. The lowest BCUT2D eigenvalue weighted by atomic mass is 9.93. The average molecular weight is 447 g/mol. The third-order valence-electron chi connectivity index (χ3n) is 5.44. The second kappa shape index (κ2) is 10.6. The minimum Gasteiger partial charge on any atom is -0.368 e. The zero-order valence-electron chi connectivity index (χ0n) is 19.4. The zero-order chi connectivity index (χ0) is 22.4. The van der Waals surface area contributed by atoms with Gasteiger partial charge in [-0.05, 0) is 50.0 Å². The highest BCUT2D eigenvalue weighted by atomic mass is 32.2. The molecule has 8 heteroatoms. The Bertz CT molecular complexity index is 834. The fourth-order valence-electron chi connectivity index (χ4n) is 4.15. The van der Waals surface area contributed by atoms with Gasteiger partial charge in [-0.2, -0.15) is 0 Å². The molecule has 0 aliphatic carbocycles. The Kier molecular flexibility index (Phi) is 8.13. The van der Waals surface area contributed by atoms with Crippen molar-refractivity contribution in [2.24, 2.45) is 5.41 Å². The largest absolute Gasteiger partial charge is 0.368 e. The highest BCUT2D eigenvalue weighted by Crippen LogP contribution is 2.24. The third kappa shape index (κ3) is 6.79. The van der Waals surface area contributed by atoms with E-state index in [9.17, 15) is 4.39 Å². The number of halogens is 1. The predicted octanol–water partition coefficient (Wildman–Crippen LogP) is 3.34. The van der Waals surface area contributed by atoms with E-state index in [-0.39, 0.29) is 11.2 Å². The van der Waals surface area contributed by atoms with Crippen LogP contribution in [0.1, 0.15) is 19.4 Å². The number of thioether (sulfide) groups is 1. The fourth-order valence-corrected chi connectivity index (χ4v) is 4.49. The lowest BCUT2D eigenvalue weighted by molar-refractivity contribution is 0.232. The van der Waals surface area contributed by atoms with E-state index < -0.39 is 0 Å². The maximum absolute atomic E-state index is 13.2. The second-order valence-corrected chi connectivity index (χ2v) is 9.94. The Morgan fingerprint density at radius 2 is 1.74 bits per heavy atom. The van der Waals surface area contributed by atoms with Crippen LogP contribution in [0.4, 0.5) is 15.9 Å². The van der Waals surface area contributed by atoms with Gasteiger partial charge >= 0.3 is 0 Å². The molecule has 1 fully saturated rings. The number of anilines is 2. The number of aromatic nitrogens is 2. The fraction of sp³-hybridized carbons (Fsp3) is 0.565. The molecule has 0 radical (unpaired) electrons. The van der Waals surface area contributed by atoms with Gasteiger partial charge in [0.15, 0.2) is 5.16 Å². The Balaban J connectivity index is 1.65.